The van der Waals surface area contributed by atoms with Gasteiger partial charge in [0.15, 0.2) is 0 Å². The van der Waals surface area contributed by atoms with Crippen molar-refractivity contribution in [2.75, 3.05) is 30.3 Å². The Morgan fingerprint density at radius 1 is 1.10 bits per heavy atom. The van der Waals surface area contributed by atoms with Crippen LogP contribution in [0.1, 0.15) is 25.3 Å². The molecule has 2 rings (SSSR count). The minimum absolute atomic E-state index is 0.178. The number of aryl methyl sites for hydroxylation is 1. The number of halogens is 1. The summed E-state index contributed by atoms with van der Waals surface area (Å²) in [5.41, 5.74) is 1.72. The van der Waals surface area contributed by atoms with Gasteiger partial charge in [0.2, 0.25) is 15.9 Å². The first-order valence-electron chi connectivity index (χ1n) is 9.51. The molecule has 0 radical (unpaired) electrons. The third-order valence-corrected chi connectivity index (χ3v) is 5.50. The minimum atomic E-state index is -3.44. The minimum Gasteiger partial charge on any atom is -0.492 e. The van der Waals surface area contributed by atoms with Gasteiger partial charge in [0.25, 0.3) is 0 Å². The van der Waals surface area contributed by atoms with Crippen molar-refractivity contribution in [2.24, 2.45) is 0 Å². The number of ether oxygens (including phenoxy) is 1. The van der Waals surface area contributed by atoms with E-state index in [1.54, 1.807) is 12.1 Å². The lowest BCUT2D eigenvalue weighted by atomic mass is 10.1. The van der Waals surface area contributed by atoms with E-state index in [4.69, 9.17) is 4.74 Å². The van der Waals surface area contributed by atoms with Gasteiger partial charge >= 0.3 is 0 Å². The number of carbonyl (C=O) groups is 1. The molecular weight excluding hydrogens is 395 g/mol. The molecule has 0 unspecified atom stereocenters. The molecule has 0 saturated carbocycles. The van der Waals surface area contributed by atoms with Gasteiger partial charge in [-0.1, -0.05) is 19.1 Å². The topological polar surface area (TPSA) is 75.7 Å². The van der Waals surface area contributed by atoms with Gasteiger partial charge in [0.1, 0.15) is 18.2 Å². The van der Waals surface area contributed by atoms with E-state index in [-0.39, 0.29) is 31.3 Å². The summed E-state index contributed by atoms with van der Waals surface area (Å²) in [6.45, 7) is 2.83. The number of benzene rings is 2. The molecule has 8 heteroatoms. The first kappa shape index (κ1) is 22.7. The average Bonchev–Trinajstić information content (AvgIpc) is 2.69. The van der Waals surface area contributed by atoms with Gasteiger partial charge in [-0.3, -0.25) is 9.10 Å². The molecule has 29 heavy (non-hydrogen) atoms. The highest BCUT2D eigenvalue weighted by Gasteiger charge is 2.17. The largest absolute Gasteiger partial charge is 0.492 e. The van der Waals surface area contributed by atoms with E-state index < -0.39 is 10.0 Å². The molecule has 0 bridgehead atoms. The van der Waals surface area contributed by atoms with Crippen molar-refractivity contribution >= 4 is 21.6 Å². The summed E-state index contributed by atoms with van der Waals surface area (Å²) in [5, 5.41) is 2.73. The van der Waals surface area contributed by atoms with E-state index in [9.17, 15) is 17.6 Å². The number of anilines is 1. The van der Waals surface area contributed by atoms with Crippen molar-refractivity contribution in [3.8, 4) is 5.75 Å². The second-order valence-electron chi connectivity index (χ2n) is 6.61. The van der Waals surface area contributed by atoms with Gasteiger partial charge in [-0.2, -0.15) is 0 Å². The van der Waals surface area contributed by atoms with Gasteiger partial charge in [-0.05, 0) is 54.8 Å². The van der Waals surface area contributed by atoms with Gasteiger partial charge < -0.3 is 10.1 Å². The molecule has 158 valence electrons. The van der Waals surface area contributed by atoms with Gasteiger partial charge in [0, 0.05) is 13.0 Å². The number of carbonyl (C=O) groups excluding carboxylic acids is 1. The van der Waals surface area contributed by atoms with Crippen LogP contribution in [0.2, 0.25) is 0 Å². The number of sulfonamides is 1. The molecular formula is C21H27FN2O4S. The van der Waals surface area contributed by atoms with Crippen molar-refractivity contribution in [1.82, 2.24) is 5.32 Å². The van der Waals surface area contributed by atoms with Crippen LogP contribution in [0.3, 0.4) is 0 Å². The molecule has 0 aliphatic carbocycles. The van der Waals surface area contributed by atoms with Crippen molar-refractivity contribution in [3.05, 3.63) is 59.9 Å². The van der Waals surface area contributed by atoms with E-state index in [1.807, 2.05) is 19.1 Å². The standard InChI is InChI=1S/C21H27FN2O4S/c1-3-17-6-10-19(11-7-17)24(29(2,26)27)15-4-5-21(25)23-14-16-28-20-12-8-18(22)9-13-20/h6-13H,3-5,14-16H2,1-2H3,(H,23,25). The molecule has 1 N–H and O–H groups in total. The predicted molar refractivity (Wildman–Crippen MR) is 112 cm³/mol. The fourth-order valence-corrected chi connectivity index (χ4v) is 3.71. The number of rotatable bonds is 11. The summed E-state index contributed by atoms with van der Waals surface area (Å²) < 4.78 is 43.8. The van der Waals surface area contributed by atoms with Crippen LogP contribution in [0.25, 0.3) is 0 Å². The molecule has 0 aliphatic heterocycles. The van der Waals surface area contributed by atoms with Gasteiger partial charge in [-0.25, -0.2) is 12.8 Å². The Bertz CT molecular complexity index is 884. The zero-order valence-corrected chi connectivity index (χ0v) is 17.5. The van der Waals surface area contributed by atoms with E-state index in [0.717, 1.165) is 18.2 Å². The van der Waals surface area contributed by atoms with Crippen LogP contribution in [0.15, 0.2) is 48.5 Å². The highest BCUT2D eigenvalue weighted by atomic mass is 32.2. The SMILES string of the molecule is CCc1ccc(N(CCCC(=O)NCCOc2ccc(F)cc2)S(C)(=O)=O)cc1. The molecule has 2 aromatic carbocycles. The third kappa shape index (κ3) is 7.73. The molecule has 0 aliphatic rings. The summed E-state index contributed by atoms with van der Waals surface area (Å²) >= 11 is 0. The van der Waals surface area contributed by atoms with Crippen LogP contribution in [0, 0.1) is 5.82 Å². The summed E-state index contributed by atoms with van der Waals surface area (Å²) in [6.07, 6.45) is 2.64. The normalized spacial score (nSPS) is 11.1. The monoisotopic (exact) mass is 422 g/mol. The maximum atomic E-state index is 12.8. The first-order valence-corrected chi connectivity index (χ1v) is 11.4. The summed E-state index contributed by atoms with van der Waals surface area (Å²) in [4.78, 5) is 12.0. The van der Waals surface area contributed by atoms with Gasteiger partial charge in [0.05, 0.1) is 18.5 Å². The van der Waals surface area contributed by atoms with Crippen molar-refractivity contribution in [2.45, 2.75) is 26.2 Å². The smallest absolute Gasteiger partial charge is 0.232 e. The lowest BCUT2D eigenvalue weighted by Gasteiger charge is -2.22. The predicted octanol–water partition coefficient (Wildman–Crippen LogP) is 3.13. The quantitative estimate of drug-likeness (QED) is 0.565. The van der Waals surface area contributed by atoms with Crippen LogP contribution in [0.4, 0.5) is 10.1 Å². The van der Waals surface area contributed by atoms with Crippen molar-refractivity contribution in [1.29, 1.82) is 0 Å². The average molecular weight is 423 g/mol. The molecule has 2 aromatic rings. The number of nitrogens with zero attached hydrogens (tertiary/aromatic N) is 1. The Morgan fingerprint density at radius 2 is 1.76 bits per heavy atom. The maximum absolute atomic E-state index is 12.8. The lowest BCUT2D eigenvalue weighted by molar-refractivity contribution is -0.121. The highest BCUT2D eigenvalue weighted by molar-refractivity contribution is 7.92. The fourth-order valence-electron chi connectivity index (χ4n) is 2.75. The fraction of sp³-hybridized carbons (Fsp3) is 0.381. The van der Waals surface area contributed by atoms with Crippen molar-refractivity contribution < 1.29 is 22.3 Å². The molecule has 0 heterocycles. The summed E-state index contributed by atoms with van der Waals surface area (Å²) in [5.74, 6) is 0.0103. The summed E-state index contributed by atoms with van der Waals surface area (Å²) in [6, 6.07) is 13.0. The van der Waals surface area contributed by atoms with E-state index in [2.05, 4.69) is 5.32 Å². The third-order valence-electron chi connectivity index (χ3n) is 4.30. The molecule has 6 nitrogen and oxygen atoms in total. The molecule has 1 amide bonds. The lowest BCUT2D eigenvalue weighted by Crippen LogP contribution is -2.32. The van der Waals surface area contributed by atoms with Crippen LogP contribution >= 0.6 is 0 Å². The Hall–Kier alpha value is -2.61. The molecule has 0 fully saturated rings. The number of nitrogens with one attached hydrogen (secondary N) is 1. The number of hydrogen-bond acceptors (Lipinski definition) is 4. The Labute approximate surface area is 171 Å². The zero-order chi connectivity index (χ0) is 21.3. The van der Waals surface area contributed by atoms with Crippen LogP contribution in [-0.2, 0) is 21.2 Å². The summed E-state index contributed by atoms with van der Waals surface area (Å²) in [7, 11) is -3.44. The second kappa shape index (κ2) is 10.8. The Morgan fingerprint density at radius 3 is 2.34 bits per heavy atom. The zero-order valence-electron chi connectivity index (χ0n) is 16.7. The molecule has 0 aromatic heterocycles. The molecule has 0 spiro atoms. The first-order chi connectivity index (χ1) is 13.8. The number of hydrogen-bond donors (Lipinski definition) is 1. The van der Waals surface area contributed by atoms with E-state index in [1.165, 1.54) is 28.6 Å². The maximum Gasteiger partial charge on any atom is 0.232 e. The Balaban J connectivity index is 1.75. The van der Waals surface area contributed by atoms with Crippen LogP contribution in [-0.4, -0.2) is 40.3 Å². The van der Waals surface area contributed by atoms with Crippen molar-refractivity contribution in [3.63, 3.8) is 0 Å². The number of amides is 1. The second-order valence-corrected chi connectivity index (χ2v) is 8.52. The molecule has 0 saturated heterocycles. The van der Waals surface area contributed by atoms with Gasteiger partial charge in [-0.15, -0.1) is 0 Å². The van der Waals surface area contributed by atoms with Crippen LogP contribution < -0.4 is 14.4 Å². The Kier molecular flexibility index (Phi) is 8.45. The van der Waals surface area contributed by atoms with E-state index in [0.29, 0.717) is 24.4 Å². The highest BCUT2D eigenvalue weighted by Crippen LogP contribution is 2.19. The molecule has 0 atom stereocenters. The van der Waals surface area contributed by atoms with E-state index >= 15 is 0 Å². The van der Waals surface area contributed by atoms with Crippen LogP contribution in [0.5, 0.6) is 5.75 Å².